The van der Waals surface area contributed by atoms with Gasteiger partial charge in [0.05, 0.1) is 10.8 Å². The lowest BCUT2D eigenvalue weighted by molar-refractivity contribution is -0.144. The fourth-order valence-corrected chi connectivity index (χ4v) is 4.99. The first-order valence-corrected chi connectivity index (χ1v) is 8.83. The number of rotatable bonds is 4. The molecule has 4 nitrogen and oxygen atoms in total. The molecule has 2 aromatic rings. The number of amides is 1. The van der Waals surface area contributed by atoms with Crippen molar-refractivity contribution in [2.75, 3.05) is 6.54 Å². The molecule has 1 fully saturated rings. The predicted octanol–water partition coefficient (Wildman–Crippen LogP) is 3.58. The van der Waals surface area contributed by atoms with Gasteiger partial charge in [-0.25, -0.2) is 0 Å². The molecule has 21 heavy (non-hydrogen) atoms. The molecule has 1 saturated carbocycles. The first-order valence-electron chi connectivity index (χ1n) is 7.13. The van der Waals surface area contributed by atoms with Gasteiger partial charge < -0.3 is 10.4 Å². The largest absolute Gasteiger partial charge is 0.481 e. The summed E-state index contributed by atoms with van der Waals surface area (Å²) < 4.78 is 2.26. The van der Waals surface area contributed by atoms with Gasteiger partial charge in [-0.3, -0.25) is 9.59 Å². The van der Waals surface area contributed by atoms with E-state index < -0.39 is 5.97 Å². The monoisotopic (exact) mass is 323 g/mol. The van der Waals surface area contributed by atoms with Gasteiger partial charge in [0.15, 0.2) is 0 Å². The smallest absolute Gasteiger partial charge is 0.306 e. The molecule has 2 aromatic heterocycles. The van der Waals surface area contributed by atoms with Gasteiger partial charge in [-0.1, -0.05) is 12.8 Å². The van der Waals surface area contributed by atoms with E-state index in [2.05, 4.69) is 5.32 Å². The number of nitrogens with one attached hydrogen (secondary N) is 1. The van der Waals surface area contributed by atoms with Crippen LogP contribution in [0.25, 0.3) is 9.40 Å². The van der Waals surface area contributed by atoms with Gasteiger partial charge in [0.2, 0.25) is 0 Å². The molecule has 0 radical (unpaired) electrons. The Labute approximate surface area is 130 Å². The summed E-state index contributed by atoms with van der Waals surface area (Å²) in [5.74, 6) is -1.07. The molecular formula is C15H17NO3S2. The van der Waals surface area contributed by atoms with E-state index in [4.69, 9.17) is 0 Å². The molecule has 1 amide bonds. The van der Waals surface area contributed by atoms with Crippen LogP contribution in [0, 0.1) is 11.8 Å². The summed E-state index contributed by atoms with van der Waals surface area (Å²) in [6.07, 6.45) is 3.64. The van der Waals surface area contributed by atoms with Gasteiger partial charge in [0.1, 0.15) is 0 Å². The maximum atomic E-state index is 12.2. The number of carboxylic acids is 1. The summed E-state index contributed by atoms with van der Waals surface area (Å²) in [4.78, 5) is 24.1. The SMILES string of the molecule is O=C(NCC1CCCCC1C(=O)O)c1cc2sccc2s1. The van der Waals surface area contributed by atoms with Crippen molar-refractivity contribution in [2.24, 2.45) is 11.8 Å². The van der Waals surface area contributed by atoms with Gasteiger partial charge >= 0.3 is 5.97 Å². The highest BCUT2D eigenvalue weighted by Gasteiger charge is 2.30. The first-order chi connectivity index (χ1) is 10.1. The Morgan fingerprint density at radius 1 is 1.29 bits per heavy atom. The molecule has 2 unspecified atom stereocenters. The summed E-state index contributed by atoms with van der Waals surface area (Å²) >= 11 is 3.12. The lowest BCUT2D eigenvalue weighted by Gasteiger charge is -2.28. The maximum absolute atomic E-state index is 12.2. The average Bonchev–Trinajstić information content (AvgIpc) is 3.06. The van der Waals surface area contributed by atoms with Gasteiger partial charge in [0, 0.05) is 15.9 Å². The topological polar surface area (TPSA) is 66.4 Å². The van der Waals surface area contributed by atoms with Crippen molar-refractivity contribution in [3.8, 4) is 0 Å². The second-order valence-electron chi connectivity index (χ2n) is 5.46. The van der Waals surface area contributed by atoms with E-state index in [0.717, 1.165) is 35.1 Å². The molecule has 1 aliphatic carbocycles. The standard InChI is InChI=1S/C15H17NO3S2/c17-14(13-7-12-11(21-13)5-6-20-12)16-8-9-3-1-2-4-10(9)15(18)19/h5-7,9-10H,1-4,8H2,(H,16,17)(H,18,19). The van der Waals surface area contributed by atoms with Crippen molar-refractivity contribution < 1.29 is 14.7 Å². The van der Waals surface area contributed by atoms with Crippen molar-refractivity contribution in [2.45, 2.75) is 25.7 Å². The summed E-state index contributed by atoms with van der Waals surface area (Å²) in [6, 6.07) is 3.93. The highest BCUT2D eigenvalue weighted by molar-refractivity contribution is 7.27. The van der Waals surface area contributed by atoms with Crippen LogP contribution < -0.4 is 5.32 Å². The van der Waals surface area contributed by atoms with E-state index in [9.17, 15) is 14.7 Å². The van der Waals surface area contributed by atoms with Gasteiger partial charge in [-0.15, -0.1) is 22.7 Å². The Bertz CT molecular complexity index is 632. The second kappa shape index (κ2) is 6.15. The van der Waals surface area contributed by atoms with E-state index in [0.29, 0.717) is 11.4 Å². The summed E-state index contributed by atoms with van der Waals surface area (Å²) in [6.45, 7) is 0.460. The summed E-state index contributed by atoms with van der Waals surface area (Å²) in [5.41, 5.74) is 0. The number of carbonyl (C=O) groups excluding carboxylic acids is 1. The molecule has 6 heteroatoms. The molecule has 0 spiro atoms. The van der Waals surface area contributed by atoms with Crippen molar-refractivity contribution >= 4 is 43.9 Å². The van der Waals surface area contributed by atoms with Crippen molar-refractivity contribution in [1.29, 1.82) is 0 Å². The number of fused-ring (bicyclic) bond motifs is 1. The Kier molecular flexibility index (Phi) is 4.26. The second-order valence-corrected chi connectivity index (χ2v) is 7.49. The molecule has 2 N–H and O–H groups in total. The minimum absolute atomic E-state index is 0.0567. The number of hydrogen-bond acceptors (Lipinski definition) is 4. The third kappa shape index (κ3) is 3.11. The van der Waals surface area contributed by atoms with E-state index in [1.807, 2.05) is 17.5 Å². The number of aliphatic carboxylic acids is 1. The van der Waals surface area contributed by atoms with Crippen molar-refractivity contribution in [3.05, 3.63) is 22.4 Å². The molecule has 0 aromatic carbocycles. The molecule has 1 aliphatic rings. The van der Waals surface area contributed by atoms with Gasteiger partial charge in [0.25, 0.3) is 5.91 Å². The molecule has 112 valence electrons. The fraction of sp³-hybridized carbons (Fsp3) is 0.467. The van der Waals surface area contributed by atoms with E-state index >= 15 is 0 Å². The molecule has 2 atom stereocenters. The first kappa shape index (κ1) is 14.5. The van der Waals surface area contributed by atoms with Crippen LogP contribution in [-0.2, 0) is 4.79 Å². The maximum Gasteiger partial charge on any atom is 0.306 e. The van der Waals surface area contributed by atoms with E-state index in [-0.39, 0.29) is 17.7 Å². The van der Waals surface area contributed by atoms with Crippen LogP contribution in [0.5, 0.6) is 0 Å². The third-order valence-electron chi connectivity index (χ3n) is 4.11. The zero-order chi connectivity index (χ0) is 14.8. The molecule has 3 rings (SSSR count). The number of carboxylic acid groups (broad SMARTS) is 1. The van der Waals surface area contributed by atoms with E-state index in [1.165, 1.54) is 11.3 Å². The minimum Gasteiger partial charge on any atom is -0.481 e. The normalized spacial score (nSPS) is 22.3. The van der Waals surface area contributed by atoms with E-state index in [1.54, 1.807) is 11.3 Å². The lowest BCUT2D eigenvalue weighted by atomic mass is 9.79. The lowest BCUT2D eigenvalue weighted by Crippen LogP contribution is -2.37. The molecule has 0 bridgehead atoms. The van der Waals surface area contributed by atoms with Crippen molar-refractivity contribution in [1.82, 2.24) is 5.32 Å². The molecule has 0 aliphatic heterocycles. The van der Waals surface area contributed by atoms with Crippen LogP contribution in [0.1, 0.15) is 35.4 Å². The van der Waals surface area contributed by atoms with Crippen LogP contribution in [0.2, 0.25) is 0 Å². The predicted molar refractivity (Wildman–Crippen MR) is 85.1 cm³/mol. The van der Waals surface area contributed by atoms with Crippen LogP contribution in [0.3, 0.4) is 0 Å². The van der Waals surface area contributed by atoms with Gasteiger partial charge in [-0.2, -0.15) is 0 Å². The summed E-state index contributed by atoms with van der Waals surface area (Å²) in [5, 5.41) is 14.2. The zero-order valence-corrected chi connectivity index (χ0v) is 13.1. The van der Waals surface area contributed by atoms with Crippen LogP contribution in [0.4, 0.5) is 0 Å². The molecular weight excluding hydrogens is 306 g/mol. The number of carbonyl (C=O) groups is 2. The highest BCUT2D eigenvalue weighted by atomic mass is 32.1. The Balaban J connectivity index is 1.62. The van der Waals surface area contributed by atoms with Crippen LogP contribution in [0.15, 0.2) is 17.5 Å². The van der Waals surface area contributed by atoms with Crippen LogP contribution in [-0.4, -0.2) is 23.5 Å². The summed E-state index contributed by atoms with van der Waals surface area (Å²) in [7, 11) is 0. The van der Waals surface area contributed by atoms with Gasteiger partial charge in [-0.05, 0) is 36.3 Å². The third-order valence-corrected chi connectivity index (χ3v) is 6.21. The Morgan fingerprint density at radius 2 is 2.10 bits per heavy atom. The zero-order valence-electron chi connectivity index (χ0n) is 11.5. The highest BCUT2D eigenvalue weighted by Crippen LogP contribution is 2.31. The average molecular weight is 323 g/mol. The van der Waals surface area contributed by atoms with Crippen molar-refractivity contribution in [3.63, 3.8) is 0 Å². The molecule has 2 heterocycles. The quantitative estimate of drug-likeness (QED) is 0.903. The Morgan fingerprint density at radius 3 is 2.86 bits per heavy atom. The fourth-order valence-electron chi connectivity index (χ4n) is 2.97. The minimum atomic E-state index is -0.731. The Hall–Kier alpha value is -1.40. The number of thiophene rings is 2. The molecule has 0 saturated heterocycles. The van der Waals surface area contributed by atoms with Crippen LogP contribution >= 0.6 is 22.7 Å². The number of hydrogen-bond donors (Lipinski definition) is 2.